The molecule has 100 valence electrons. The number of nitrogens with zero attached hydrogens (tertiary/aromatic N) is 1. The van der Waals surface area contributed by atoms with E-state index in [-0.39, 0.29) is 13.2 Å². The van der Waals surface area contributed by atoms with E-state index in [0.717, 1.165) is 0 Å². The molecule has 0 fully saturated rings. The quantitative estimate of drug-likeness (QED) is 0.611. The van der Waals surface area contributed by atoms with Gasteiger partial charge in [-0.2, -0.15) is 0 Å². The van der Waals surface area contributed by atoms with Crippen molar-refractivity contribution in [2.45, 2.75) is 13.8 Å². The molecule has 1 atom stereocenters. The molecule has 1 rings (SSSR count). The summed E-state index contributed by atoms with van der Waals surface area (Å²) in [6.07, 6.45) is 0. The molecular weight excluding hydrogens is 291 g/mol. The van der Waals surface area contributed by atoms with Crippen LogP contribution >= 0.6 is 24.0 Å². The maximum absolute atomic E-state index is 13.8. The van der Waals surface area contributed by atoms with Crippen molar-refractivity contribution >= 4 is 24.0 Å². The van der Waals surface area contributed by atoms with Gasteiger partial charge in [0.15, 0.2) is 0 Å². The van der Waals surface area contributed by atoms with E-state index in [4.69, 9.17) is 0 Å². The second-order valence-electron chi connectivity index (χ2n) is 2.83. The van der Waals surface area contributed by atoms with Crippen LogP contribution < -0.4 is 9.72 Å². The molecule has 0 aromatic carbocycles. The fourth-order valence-electron chi connectivity index (χ4n) is 1.11. The number of rotatable bonds is 4. The topological polar surface area (TPSA) is 54.9 Å². The van der Waals surface area contributed by atoms with E-state index in [1.54, 1.807) is 4.86 Å². The normalized spacial score (nSPS) is 36.1. The van der Waals surface area contributed by atoms with Crippen LogP contribution in [0.25, 0.3) is 0 Å². The number of nitrogens with one attached hydrogen (secondary N) is 2. The third-order valence-corrected chi connectivity index (χ3v) is 9.55. The van der Waals surface area contributed by atoms with E-state index < -0.39 is 24.0 Å². The standard InChI is InChI=1S/C4H14F4N3O2P3/c1-3-12-15(7)9-14(5,6)10-16(8,11-15)13-4-2/h9,11,14-15H,3-4H2,1-2H3. The van der Waals surface area contributed by atoms with Crippen molar-refractivity contribution in [3.05, 3.63) is 0 Å². The Morgan fingerprint density at radius 3 is 2.38 bits per heavy atom. The summed E-state index contributed by atoms with van der Waals surface area (Å²) in [5.74, 6) is 0. The molecule has 0 aromatic heterocycles. The van der Waals surface area contributed by atoms with Crippen LogP contribution in [0.4, 0.5) is 16.8 Å². The predicted molar refractivity (Wildman–Crippen MR) is 59.9 cm³/mol. The summed E-state index contributed by atoms with van der Waals surface area (Å²) in [6, 6.07) is 0. The predicted octanol–water partition coefficient (Wildman–Crippen LogP) is 3.90. The Morgan fingerprint density at radius 2 is 1.88 bits per heavy atom. The van der Waals surface area contributed by atoms with Crippen LogP contribution in [0.1, 0.15) is 13.8 Å². The zero-order valence-corrected chi connectivity index (χ0v) is 11.5. The molecule has 0 radical (unpaired) electrons. The first kappa shape index (κ1) is 14.7. The molecule has 1 aliphatic rings. The van der Waals surface area contributed by atoms with Gasteiger partial charge < -0.3 is 0 Å². The second kappa shape index (κ2) is 5.11. The third-order valence-electron chi connectivity index (χ3n) is 1.49. The van der Waals surface area contributed by atoms with Crippen molar-refractivity contribution in [1.82, 2.24) is 9.72 Å². The number of hydrogen-bond acceptors (Lipinski definition) is 5. The first-order chi connectivity index (χ1) is 7.24. The van der Waals surface area contributed by atoms with Gasteiger partial charge in [0.2, 0.25) is 0 Å². The molecule has 0 amide bonds. The van der Waals surface area contributed by atoms with E-state index in [2.05, 4.69) is 13.6 Å². The van der Waals surface area contributed by atoms with Gasteiger partial charge in [0, 0.05) is 0 Å². The molecule has 0 spiro atoms. The average Bonchev–Trinajstić information content (AvgIpc) is 1.97. The molecule has 16 heavy (non-hydrogen) atoms. The van der Waals surface area contributed by atoms with Crippen LogP contribution in [0.2, 0.25) is 0 Å². The van der Waals surface area contributed by atoms with Gasteiger partial charge in [-0.25, -0.2) is 0 Å². The summed E-state index contributed by atoms with van der Waals surface area (Å²) in [5.41, 5.74) is 0. The minimum absolute atomic E-state index is 0.153. The molecule has 12 heteroatoms. The van der Waals surface area contributed by atoms with Gasteiger partial charge in [0.1, 0.15) is 0 Å². The Balaban J connectivity index is 2.99. The van der Waals surface area contributed by atoms with Crippen LogP contribution in [0, 0.1) is 0 Å². The Bertz CT molecular complexity index is 319. The van der Waals surface area contributed by atoms with Gasteiger partial charge in [-0.1, -0.05) is 0 Å². The second-order valence-corrected chi connectivity index (χ2v) is 9.34. The van der Waals surface area contributed by atoms with E-state index in [9.17, 15) is 16.8 Å². The van der Waals surface area contributed by atoms with Crippen LogP contribution in [0.15, 0.2) is 4.52 Å². The van der Waals surface area contributed by atoms with Gasteiger partial charge in [-0.05, 0) is 0 Å². The van der Waals surface area contributed by atoms with Gasteiger partial charge in [0.25, 0.3) is 0 Å². The van der Waals surface area contributed by atoms with Crippen molar-refractivity contribution in [2.75, 3.05) is 13.2 Å². The van der Waals surface area contributed by atoms with E-state index in [1.165, 1.54) is 18.7 Å². The van der Waals surface area contributed by atoms with E-state index in [0.29, 0.717) is 0 Å². The van der Waals surface area contributed by atoms with Crippen LogP contribution in [0.3, 0.4) is 0 Å². The molecular formula is C4H14F4N3O2P3. The Hall–Kier alpha value is 0.650. The molecule has 1 heterocycles. The van der Waals surface area contributed by atoms with E-state index >= 15 is 0 Å². The monoisotopic (exact) mass is 305 g/mol. The summed E-state index contributed by atoms with van der Waals surface area (Å²) in [6.45, 7) is 2.49. The SMILES string of the molecule is CCOP1(F)=N[PH](F)(F)N[PH](F)(OCC)N1. The third kappa shape index (κ3) is 3.84. The first-order valence-electron chi connectivity index (χ1n) is 4.51. The molecule has 1 aliphatic heterocycles. The zero-order chi connectivity index (χ0) is 12.4. The van der Waals surface area contributed by atoms with Gasteiger partial charge in [-0.15, -0.1) is 0 Å². The Labute approximate surface area is 91.9 Å². The van der Waals surface area contributed by atoms with Crippen molar-refractivity contribution < 1.29 is 25.8 Å². The molecule has 0 saturated carbocycles. The molecule has 2 N–H and O–H groups in total. The zero-order valence-electron chi connectivity index (χ0n) is 8.64. The first-order valence-corrected chi connectivity index (χ1v) is 9.55. The summed E-state index contributed by atoms with van der Waals surface area (Å²) in [5, 5.41) is 0. The molecule has 0 aliphatic carbocycles. The Morgan fingerprint density at radius 1 is 1.25 bits per heavy atom. The van der Waals surface area contributed by atoms with Crippen molar-refractivity contribution in [3.8, 4) is 0 Å². The summed E-state index contributed by atoms with van der Waals surface area (Å²) in [7, 11) is -14.6. The van der Waals surface area contributed by atoms with E-state index in [1.807, 2.05) is 0 Å². The molecule has 0 aromatic rings. The van der Waals surface area contributed by atoms with Crippen molar-refractivity contribution in [1.29, 1.82) is 0 Å². The maximum atomic E-state index is 13.8. The number of halogens is 4. The summed E-state index contributed by atoms with van der Waals surface area (Å²) in [4.78, 5) is 3.08. The fraction of sp³-hybridized carbons (Fsp3) is 1.00. The van der Waals surface area contributed by atoms with Crippen LogP contribution in [-0.4, -0.2) is 13.2 Å². The van der Waals surface area contributed by atoms with Gasteiger partial charge in [0.05, 0.1) is 0 Å². The molecule has 0 saturated heterocycles. The Kier molecular flexibility index (Phi) is 4.69. The molecule has 1 unspecified atom stereocenters. The fourth-order valence-corrected chi connectivity index (χ4v) is 9.17. The van der Waals surface area contributed by atoms with Gasteiger partial charge in [-0.3, -0.25) is 0 Å². The number of hydrogen-bond donors (Lipinski definition) is 2. The van der Waals surface area contributed by atoms with Crippen LogP contribution in [0.5, 0.6) is 0 Å². The van der Waals surface area contributed by atoms with Crippen LogP contribution in [-0.2, 0) is 9.05 Å². The van der Waals surface area contributed by atoms with Gasteiger partial charge >= 0.3 is 91.2 Å². The molecule has 5 nitrogen and oxygen atoms in total. The van der Waals surface area contributed by atoms with Crippen molar-refractivity contribution in [3.63, 3.8) is 0 Å². The van der Waals surface area contributed by atoms with Crippen molar-refractivity contribution in [2.24, 2.45) is 4.52 Å². The molecule has 0 bridgehead atoms. The summed E-state index contributed by atoms with van der Waals surface area (Å²) < 4.78 is 65.3. The minimum atomic E-state index is -5.51. The average molecular weight is 305 g/mol. The summed E-state index contributed by atoms with van der Waals surface area (Å²) >= 11 is 0.